The molecule has 2 heterocycles. The number of halogens is 1. The molecule has 0 amide bonds. The Hall–Kier alpha value is -1.64. The van der Waals surface area contributed by atoms with E-state index < -0.39 is 9.84 Å². The molecule has 1 aromatic carbocycles. The molecule has 0 aliphatic carbocycles. The molecule has 23 heavy (non-hydrogen) atoms. The van der Waals surface area contributed by atoms with Crippen LogP contribution in [0.1, 0.15) is 12.8 Å². The van der Waals surface area contributed by atoms with E-state index in [-0.39, 0.29) is 17.3 Å². The van der Waals surface area contributed by atoms with Crippen molar-refractivity contribution in [1.82, 2.24) is 15.0 Å². The monoisotopic (exact) mass is 358 g/mol. The molecule has 0 bridgehead atoms. The van der Waals surface area contributed by atoms with Crippen molar-refractivity contribution in [1.29, 1.82) is 0 Å². The van der Waals surface area contributed by atoms with Gasteiger partial charge in [0.25, 0.3) is 0 Å². The molecule has 1 saturated heterocycles. The van der Waals surface area contributed by atoms with Crippen LogP contribution in [0.4, 0.5) is 6.01 Å². The molecule has 9 heteroatoms. The Balaban J connectivity index is 0.00000192. The van der Waals surface area contributed by atoms with Crippen LogP contribution < -0.4 is 5.32 Å². The second-order valence-corrected chi connectivity index (χ2v) is 7.40. The van der Waals surface area contributed by atoms with Gasteiger partial charge in [-0.25, -0.2) is 8.42 Å². The average Bonchev–Trinajstić information content (AvgIpc) is 3.16. The number of aromatic nitrogens is 2. The number of hydrogen-bond acceptors (Lipinski definition) is 7. The second kappa shape index (κ2) is 7.29. The van der Waals surface area contributed by atoms with Crippen LogP contribution in [0.25, 0.3) is 11.4 Å². The van der Waals surface area contributed by atoms with Crippen LogP contribution in [0.15, 0.2) is 33.7 Å². The minimum Gasteiger partial charge on any atom is -0.325 e. The quantitative estimate of drug-likeness (QED) is 0.874. The molecule has 0 saturated carbocycles. The Morgan fingerprint density at radius 3 is 2.48 bits per heavy atom. The SMILES string of the molecule is CS(=O)(=O)c1ccc(-c2noc(NCN3CCCC3)n2)cc1.Cl. The predicted molar refractivity (Wildman–Crippen MR) is 89.4 cm³/mol. The number of nitrogens with zero attached hydrogens (tertiary/aromatic N) is 3. The summed E-state index contributed by atoms with van der Waals surface area (Å²) in [6.45, 7) is 2.86. The summed E-state index contributed by atoms with van der Waals surface area (Å²) in [5.41, 5.74) is 0.713. The summed E-state index contributed by atoms with van der Waals surface area (Å²) in [6, 6.07) is 6.79. The molecule has 3 rings (SSSR count). The summed E-state index contributed by atoms with van der Waals surface area (Å²) in [6.07, 6.45) is 3.63. The van der Waals surface area contributed by atoms with Gasteiger partial charge in [-0.3, -0.25) is 4.90 Å². The van der Waals surface area contributed by atoms with Gasteiger partial charge in [-0.2, -0.15) is 4.98 Å². The molecule has 7 nitrogen and oxygen atoms in total. The highest BCUT2D eigenvalue weighted by Gasteiger charge is 2.14. The third-order valence-electron chi connectivity index (χ3n) is 3.62. The van der Waals surface area contributed by atoms with Crippen LogP contribution in [0.2, 0.25) is 0 Å². The third-order valence-corrected chi connectivity index (χ3v) is 4.75. The van der Waals surface area contributed by atoms with Crippen LogP contribution >= 0.6 is 12.4 Å². The van der Waals surface area contributed by atoms with E-state index in [1.165, 1.54) is 19.1 Å². The molecule has 0 atom stereocenters. The van der Waals surface area contributed by atoms with Crippen molar-refractivity contribution in [2.75, 3.05) is 31.3 Å². The molecule has 0 unspecified atom stereocenters. The minimum atomic E-state index is -3.20. The number of hydrogen-bond donors (Lipinski definition) is 1. The lowest BCUT2D eigenvalue weighted by Crippen LogP contribution is -2.26. The number of benzene rings is 1. The van der Waals surface area contributed by atoms with Gasteiger partial charge in [0.2, 0.25) is 5.82 Å². The van der Waals surface area contributed by atoms with E-state index in [4.69, 9.17) is 4.52 Å². The van der Waals surface area contributed by atoms with E-state index in [0.717, 1.165) is 13.1 Å². The molecule has 1 N–H and O–H groups in total. The van der Waals surface area contributed by atoms with Gasteiger partial charge in [0.1, 0.15) is 0 Å². The zero-order valence-electron chi connectivity index (χ0n) is 12.7. The Morgan fingerprint density at radius 2 is 1.87 bits per heavy atom. The van der Waals surface area contributed by atoms with Crippen molar-refractivity contribution in [3.63, 3.8) is 0 Å². The minimum absolute atomic E-state index is 0. The smallest absolute Gasteiger partial charge is 0.322 e. The van der Waals surface area contributed by atoms with Crippen LogP contribution in [-0.4, -0.2) is 49.5 Å². The lowest BCUT2D eigenvalue weighted by molar-refractivity contribution is 0.352. The number of nitrogens with one attached hydrogen (secondary N) is 1. The molecule has 0 spiro atoms. The molecule has 1 aliphatic heterocycles. The largest absolute Gasteiger partial charge is 0.325 e. The summed E-state index contributed by atoms with van der Waals surface area (Å²) in [4.78, 5) is 6.82. The van der Waals surface area contributed by atoms with E-state index in [0.29, 0.717) is 24.1 Å². The highest BCUT2D eigenvalue weighted by atomic mass is 35.5. The number of likely N-dealkylation sites (tertiary alicyclic amines) is 1. The summed E-state index contributed by atoms with van der Waals surface area (Å²) in [5.74, 6) is 0.434. The van der Waals surface area contributed by atoms with Gasteiger partial charge in [-0.05, 0) is 50.2 Å². The fourth-order valence-electron chi connectivity index (χ4n) is 2.38. The van der Waals surface area contributed by atoms with Gasteiger partial charge in [-0.15, -0.1) is 12.4 Å². The lowest BCUT2D eigenvalue weighted by atomic mass is 10.2. The average molecular weight is 359 g/mol. The van der Waals surface area contributed by atoms with Gasteiger partial charge in [0.15, 0.2) is 9.84 Å². The molecule has 0 radical (unpaired) electrons. The Labute approximate surface area is 141 Å². The first-order valence-corrected chi connectivity index (χ1v) is 9.02. The molecule has 1 aliphatic rings. The molecular formula is C14H19ClN4O3S. The van der Waals surface area contributed by atoms with Crippen molar-refractivity contribution >= 4 is 28.3 Å². The van der Waals surface area contributed by atoms with Gasteiger partial charge in [0, 0.05) is 11.8 Å². The maximum Gasteiger partial charge on any atom is 0.322 e. The topological polar surface area (TPSA) is 88.3 Å². The van der Waals surface area contributed by atoms with E-state index in [2.05, 4.69) is 20.4 Å². The Bertz CT molecular complexity index is 740. The van der Waals surface area contributed by atoms with Gasteiger partial charge >= 0.3 is 6.01 Å². The maximum absolute atomic E-state index is 11.4. The van der Waals surface area contributed by atoms with E-state index >= 15 is 0 Å². The third kappa shape index (κ3) is 4.43. The maximum atomic E-state index is 11.4. The standard InChI is InChI=1S/C14H18N4O3S.ClH/c1-22(19,20)12-6-4-11(5-7-12)13-16-14(21-17-13)15-10-18-8-2-3-9-18;/h4-7H,2-3,8-10H2,1H3,(H,15,16,17);1H. The van der Waals surface area contributed by atoms with Crippen molar-refractivity contribution in [2.45, 2.75) is 17.7 Å². The zero-order valence-corrected chi connectivity index (χ0v) is 14.4. The van der Waals surface area contributed by atoms with Gasteiger partial charge in [-0.1, -0.05) is 5.16 Å². The number of rotatable bonds is 5. The van der Waals surface area contributed by atoms with Crippen LogP contribution in [0.5, 0.6) is 0 Å². The van der Waals surface area contributed by atoms with Crippen LogP contribution in [0, 0.1) is 0 Å². The molecule has 1 aromatic heterocycles. The fourth-order valence-corrected chi connectivity index (χ4v) is 3.01. The first-order chi connectivity index (χ1) is 10.5. The molecular weight excluding hydrogens is 340 g/mol. The van der Waals surface area contributed by atoms with Crippen molar-refractivity contribution in [3.8, 4) is 11.4 Å². The first kappa shape index (κ1) is 17.7. The van der Waals surface area contributed by atoms with Crippen LogP contribution in [0.3, 0.4) is 0 Å². The summed E-state index contributed by atoms with van der Waals surface area (Å²) in [5, 5.41) is 7.01. The van der Waals surface area contributed by atoms with E-state index in [1.807, 2.05) is 0 Å². The molecule has 1 fully saturated rings. The summed E-state index contributed by atoms with van der Waals surface area (Å²) >= 11 is 0. The van der Waals surface area contributed by atoms with Crippen molar-refractivity contribution in [3.05, 3.63) is 24.3 Å². The highest BCUT2D eigenvalue weighted by Crippen LogP contribution is 2.20. The Kier molecular flexibility index (Phi) is 5.61. The predicted octanol–water partition coefficient (Wildman–Crippen LogP) is 2.03. The fraction of sp³-hybridized carbons (Fsp3) is 0.429. The highest BCUT2D eigenvalue weighted by molar-refractivity contribution is 7.90. The van der Waals surface area contributed by atoms with Crippen molar-refractivity contribution < 1.29 is 12.9 Å². The van der Waals surface area contributed by atoms with Crippen molar-refractivity contribution in [2.24, 2.45) is 0 Å². The first-order valence-electron chi connectivity index (χ1n) is 7.13. The molecule has 2 aromatic rings. The van der Waals surface area contributed by atoms with E-state index in [1.54, 1.807) is 24.3 Å². The second-order valence-electron chi connectivity index (χ2n) is 5.38. The van der Waals surface area contributed by atoms with Crippen LogP contribution in [-0.2, 0) is 9.84 Å². The lowest BCUT2D eigenvalue weighted by Gasteiger charge is -2.13. The van der Waals surface area contributed by atoms with Gasteiger partial charge < -0.3 is 9.84 Å². The number of sulfone groups is 1. The zero-order chi connectivity index (χ0) is 15.6. The van der Waals surface area contributed by atoms with E-state index in [9.17, 15) is 8.42 Å². The molecule has 126 valence electrons. The number of anilines is 1. The summed E-state index contributed by atoms with van der Waals surface area (Å²) < 4.78 is 28.0. The normalized spacial score (nSPS) is 15.3. The Morgan fingerprint density at radius 1 is 1.22 bits per heavy atom. The van der Waals surface area contributed by atoms with Gasteiger partial charge in [0.05, 0.1) is 11.6 Å². The summed E-state index contributed by atoms with van der Waals surface area (Å²) in [7, 11) is -3.20.